The fourth-order valence-corrected chi connectivity index (χ4v) is 8.81. The molecule has 3 atom stereocenters. The van der Waals surface area contributed by atoms with Gasteiger partial charge in [0.15, 0.2) is 0 Å². The summed E-state index contributed by atoms with van der Waals surface area (Å²) < 4.78 is 30.2. The van der Waals surface area contributed by atoms with Crippen molar-refractivity contribution in [2.45, 2.75) is 251 Å². The molecule has 0 spiro atoms. The second-order valence-corrected chi connectivity index (χ2v) is 22.5. The van der Waals surface area contributed by atoms with E-state index in [0.29, 0.717) is 23.9 Å². The summed E-state index contributed by atoms with van der Waals surface area (Å²) in [5, 5.41) is 3.01. The number of likely N-dealkylation sites (N-methyl/N-ethyl adjacent to an activating group) is 1. The van der Waals surface area contributed by atoms with Crippen LogP contribution in [0.15, 0.2) is 109 Å². The van der Waals surface area contributed by atoms with Crippen molar-refractivity contribution in [2.75, 3.05) is 40.9 Å². The van der Waals surface area contributed by atoms with E-state index in [-0.39, 0.29) is 24.9 Å². The maximum absolute atomic E-state index is 13.5. The lowest BCUT2D eigenvalue weighted by molar-refractivity contribution is -0.870. The third-order valence-corrected chi connectivity index (χ3v) is 13.7. The molecule has 0 aliphatic rings. The van der Waals surface area contributed by atoms with Crippen LogP contribution in [0.25, 0.3) is 0 Å². The zero-order chi connectivity index (χ0) is 55.0. The Morgan fingerprint density at radius 3 is 1.28 bits per heavy atom. The fourth-order valence-electron chi connectivity index (χ4n) is 8.09. The number of nitrogens with zero attached hydrogens (tertiary/aromatic N) is 1. The Hall–Kier alpha value is -3.33. The van der Waals surface area contributed by atoms with E-state index in [4.69, 9.17) is 13.8 Å². The number of hydrogen-bond donors (Lipinski definition) is 1. The highest BCUT2D eigenvalue weighted by molar-refractivity contribution is 7.45. The highest BCUT2D eigenvalue weighted by Gasteiger charge is 2.27. The molecule has 0 radical (unpaired) electrons. The minimum atomic E-state index is -4.71. The van der Waals surface area contributed by atoms with Gasteiger partial charge in [0.2, 0.25) is 5.91 Å². The summed E-state index contributed by atoms with van der Waals surface area (Å²) in [6.45, 7) is 6.58. The molecule has 3 unspecified atom stereocenters. The first kappa shape index (κ1) is 71.7. The van der Waals surface area contributed by atoms with Crippen molar-refractivity contribution >= 4 is 19.7 Å². The molecule has 0 fully saturated rings. The monoisotopic (exact) mass is 1060 g/mol. The summed E-state index contributed by atoms with van der Waals surface area (Å²) in [4.78, 5) is 39.9. The Morgan fingerprint density at radius 2 is 0.853 bits per heavy atom. The number of amides is 1. The van der Waals surface area contributed by atoms with E-state index >= 15 is 0 Å². The van der Waals surface area contributed by atoms with Crippen molar-refractivity contribution < 1.29 is 37.3 Å². The molecule has 430 valence electrons. The number of phosphoric ester groups is 1. The number of esters is 1. The Bertz CT molecular complexity index is 1650. The SMILES string of the molecule is CC/C=C\C/C=C\C/C=C\C/C=C\C/C=C\C/C=C\CCCCCCC(=O)OC(/C=C\CCCCCCCCCCCC)C(COP(=O)([O-])OCC[N+](C)(C)C)NC(=O)CCCCCCCCC/C=C/C/C=C/CC. The molecule has 0 aliphatic heterocycles. The van der Waals surface area contributed by atoms with E-state index in [1.165, 1.54) is 70.6 Å². The molecule has 0 rings (SSSR count). The van der Waals surface area contributed by atoms with Crippen LogP contribution in [0.4, 0.5) is 0 Å². The van der Waals surface area contributed by atoms with Crippen molar-refractivity contribution in [1.29, 1.82) is 0 Å². The minimum absolute atomic E-state index is 0.0339. The van der Waals surface area contributed by atoms with Crippen LogP contribution in [-0.4, -0.2) is 69.4 Å². The zero-order valence-electron chi connectivity index (χ0n) is 49.0. The van der Waals surface area contributed by atoms with Gasteiger partial charge < -0.3 is 28.5 Å². The number of rotatable bonds is 53. The molecule has 0 aliphatic carbocycles. The number of ether oxygens (including phenoxy) is 1. The molecule has 0 aromatic rings. The number of carbonyl (C=O) groups is 2. The smallest absolute Gasteiger partial charge is 0.306 e. The van der Waals surface area contributed by atoms with E-state index < -0.39 is 26.6 Å². The summed E-state index contributed by atoms with van der Waals surface area (Å²) in [6.07, 6.45) is 73.4. The predicted molar refractivity (Wildman–Crippen MR) is 320 cm³/mol. The van der Waals surface area contributed by atoms with Crippen molar-refractivity contribution in [2.24, 2.45) is 0 Å². The molecule has 0 bridgehead atoms. The van der Waals surface area contributed by atoms with Gasteiger partial charge >= 0.3 is 5.97 Å². The summed E-state index contributed by atoms with van der Waals surface area (Å²) in [5.41, 5.74) is 0. The quantitative estimate of drug-likeness (QED) is 0.0212. The highest BCUT2D eigenvalue weighted by atomic mass is 31.2. The topological polar surface area (TPSA) is 114 Å². The molecule has 0 aromatic carbocycles. The summed E-state index contributed by atoms with van der Waals surface area (Å²) in [7, 11) is 1.15. The van der Waals surface area contributed by atoms with Crippen LogP contribution in [0, 0.1) is 0 Å². The van der Waals surface area contributed by atoms with E-state index in [1.807, 2.05) is 33.3 Å². The predicted octanol–water partition coefficient (Wildman–Crippen LogP) is 17.9. The van der Waals surface area contributed by atoms with Crippen LogP contribution < -0.4 is 10.2 Å². The number of phosphoric acid groups is 1. The number of allylic oxidation sites excluding steroid dienone is 17. The van der Waals surface area contributed by atoms with Gasteiger partial charge in [-0.25, -0.2) is 0 Å². The van der Waals surface area contributed by atoms with Gasteiger partial charge in [0, 0.05) is 12.8 Å². The van der Waals surface area contributed by atoms with Gasteiger partial charge in [-0.15, -0.1) is 0 Å². The van der Waals surface area contributed by atoms with Gasteiger partial charge in [0.1, 0.15) is 19.3 Å². The lowest BCUT2D eigenvalue weighted by Gasteiger charge is -2.30. The Morgan fingerprint density at radius 1 is 0.480 bits per heavy atom. The molecule has 9 nitrogen and oxygen atoms in total. The molecule has 75 heavy (non-hydrogen) atoms. The molecule has 1 N–H and O–H groups in total. The first-order valence-corrected chi connectivity index (χ1v) is 31.7. The van der Waals surface area contributed by atoms with Gasteiger partial charge in [0.25, 0.3) is 7.82 Å². The second kappa shape index (κ2) is 54.0. The number of nitrogens with one attached hydrogen (secondary N) is 1. The molecule has 1 amide bonds. The van der Waals surface area contributed by atoms with Gasteiger partial charge in [-0.3, -0.25) is 14.2 Å². The number of unbranched alkanes of at least 4 members (excludes halogenated alkanes) is 21. The average Bonchev–Trinajstić information content (AvgIpc) is 3.37. The van der Waals surface area contributed by atoms with E-state index in [0.717, 1.165) is 128 Å². The molecular formula is C65H113N2O7P. The minimum Gasteiger partial charge on any atom is -0.756 e. The number of carbonyl (C=O) groups excluding carboxylic acids is 2. The zero-order valence-corrected chi connectivity index (χ0v) is 49.9. The summed E-state index contributed by atoms with van der Waals surface area (Å²) in [5.74, 6) is -0.587. The molecule has 0 saturated heterocycles. The van der Waals surface area contributed by atoms with Gasteiger partial charge in [-0.1, -0.05) is 227 Å². The molecule has 0 saturated carbocycles. The van der Waals surface area contributed by atoms with E-state index in [2.05, 4.69) is 123 Å². The van der Waals surface area contributed by atoms with E-state index in [9.17, 15) is 19.0 Å². The number of hydrogen-bond acceptors (Lipinski definition) is 7. The second-order valence-electron chi connectivity index (χ2n) is 21.1. The lowest BCUT2D eigenvalue weighted by atomic mass is 10.0. The summed E-state index contributed by atoms with van der Waals surface area (Å²) in [6, 6.07) is -0.909. The Balaban J connectivity index is 5.31. The molecule has 10 heteroatoms. The first-order chi connectivity index (χ1) is 36.4. The largest absolute Gasteiger partial charge is 0.756 e. The van der Waals surface area contributed by atoms with Crippen molar-refractivity contribution in [3.05, 3.63) is 109 Å². The highest BCUT2D eigenvalue weighted by Crippen LogP contribution is 2.38. The van der Waals surface area contributed by atoms with Crippen molar-refractivity contribution in [3.8, 4) is 0 Å². The van der Waals surface area contributed by atoms with Crippen LogP contribution in [-0.2, 0) is 27.9 Å². The van der Waals surface area contributed by atoms with Gasteiger partial charge in [-0.05, 0) is 109 Å². The van der Waals surface area contributed by atoms with Crippen LogP contribution in [0.1, 0.15) is 239 Å². The third-order valence-electron chi connectivity index (χ3n) is 12.7. The average molecular weight is 1070 g/mol. The number of quaternary nitrogens is 1. The molecule has 0 heterocycles. The fraction of sp³-hybridized carbons (Fsp3) is 0.692. The molecular weight excluding hydrogens is 952 g/mol. The summed E-state index contributed by atoms with van der Waals surface area (Å²) >= 11 is 0. The third kappa shape index (κ3) is 55.2. The van der Waals surface area contributed by atoms with Crippen molar-refractivity contribution in [1.82, 2.24) is 5.32 Å². The van der Waals surface area contributed by atoms with Crippen LogP contribution >= 0.6 is 7.82 Å². The van der Waals surface area contributed by atoms with Crippen LogP contribution in [0.2, 0.25) is 0 Å². The normalized spacial score (nSPS) is 14.5. The van der Waals surface area contributed by atoms with Gasteiger partial charge in [0.05, 0.1) is 33.8 Å². The standard InChI is InChI=1S/C65H113N2O7P/c1-7-10-13-16-19-22-25-28-30-31-32-33-34-35-36-37-38-40-43-46-49-52-55-58-65(69)74-63(56-53-50-47-44-41-27-24-21-18-15-12-9-3)62(61-73-75(70,71)72-60-59-67(4,5)6)66-64(68)57-54-51-48-45-42-39-29-26-23-20-17-14-11-8-2/h10-11,13-14,19-20,22-23,28,30,32-33,35-36,38,40,53,56,62-63H,7-9,12,15-18,21,24-27,29,31,34,37,39,41-52,54-55,57-61H2,1-6H3,(H-,66,68,70,71)/b13-10-,14-11+,22-19-,23-20+,30-28-,33-32-,36-35-,40-38-,56-53-. The molecule has 0 aromatic heterocycles. The van der Waals surface area contributed by atoms with Crippen molar-refractivity contribution in [3.63, 3.8) is 0 Å². The maximum atomic E-state index is 13.5. The lowest BCUT2D eigenvalue weighted by Crippen LogP contribution is -2.47. The first-order valence-electron chi connectivity index (χ1n) is 30.2. The van der Waals surface area contributed by atoms with Crippen LogP contribution in [0.3, 0.4) is 0 Å². The van der Waals surface area contributed by atoms with Crippen LogP contribution in [0.5, 0.6) is 0 Å². The van der Waals surface area contributed by atoms with E-state index in [1.54, 1.807) is 0 Å². The maximum Gasteiger partial charge on any atom is 0.306 e. The van der Waals surface area contributed by atoms with Gasteiger partial charge in [-0.2, -0.15) is 0 Å². The Kier molecular flexibility index (Phi) is 51.6. The Labute approximate surface area is 461 Å².